The van der Waals surface area contributed by atoms with Gasteiger partial charge in [-0.3, -0.25) is 9.52 Å². The summed E-state index contributed by atoms with van der Waals surface area (Å²) in [6.45, 7) is 0. The molecule has 9 nitrogen and oxygen atoms in total. The Balaban J connectivity index is 1.41. The van der Waals surface area contributed by atoms with Crippen LogP contribution in [0.15, 0.2) is 88.6 Å². The normalized spacial score (nSPS) is 12.5. The fraction of sp³-hybridized carbons (Fsp3) is 0.120. The lowest BCUT2D eigenvalue weighted by molar-refractivity contribution is -0.137. The van der Waals surface area contributed by atoms with Crippen molar-refractivity contribution in [3.8, 4) is 10.6 Å². The maximum absolute atomic E-state index is 13.1. The summed E-state index contributed by atoms with van der Waals surface area (Å²) in [6.07, 6.45) is 4.99. The first-order valence-electron chi connectivity index (χ1n) is 11.1. The lowest BCUT2D eigenvalue weighted by Gasteiger charge is -2.18. The Bertz CT molecular complexity index is 1680. The number of hydrogen-bond acceptors (Lipinski definition) is 8. The van der Waals surface area contributed by atoms with Crippen LogP contribution in [0.2, 0.25) is 0 Å². The molecular formula is C25H21N5O4S3. The predicted octanol–water partition coefficient (Wildman–Crippen LogP) is 5.14. The summed E-state index contributed by atoms with van der Waals surface area (Å²) in [6, 6.07) is 18.9. The van der Waals surface area contributed by atoms with Crippen LogP contribution in [0.1, 0.15) is 18.0 Å². The molecule has 2 N–H and O–H groups in total. The van der Waals surface area contributed by atoms with E-state index in [9.17, 15) is 18.3 Å². The van der Waals surface area contributed by atoms with E-state index in [1.54, 1.807) is 53.5 Å². The molecule has 2 aromatic carbocycles. The third kappa shape index (κ3) is 5.36. The molecule has 0 bridgehead atoms. The highest BCUT2D eigenvalue weighted by Crippen LogP contribution is 2.32. The Kier molecular flexibility index (Phi) is 6.96. The molecule has 1 unspecified atom stereocenters. The topological polar surface area (TPSA) is 127 Å². The van der Waals surface area contributed by atoms with E-state index in [4.69, 9.17) is 0 Å². The van der Waals surface area contributed by atoms with Gasteiger partial charge in [0.2, 0.25) is 0 Å². The maximum Gasteiger partial charge on any atom is 0.305 e. The number of aliphatic carboxylic acids is 1. The molecule has 3 aromatic heterocycles. The zero-order chi connectivity index (χ0) is 26.0. The molecule has 1 atom stereocenters. The largest absolute Gasteiger partial charge is 0.481 e. The van der Waals surface area contributed by atoms with Crippen molar-refractivity contribution in [3.05, 3.63) is 84.8 Å². The number of imidazole rings is 1. The second-order valence-electron chi connectivity index (χ2n) is 8.03. The van der Waals surface area contributed by atoms with Gasteiger partial charge in [-0.15, -0.1) is 11.3 Å². The number of sulfonamides is 1. The standard InChI is InChI=1S/C25H21N5O4S3/c1-35-25-26-12-11-18(28-25)22-9-10-24(36-22)37(33,34)29-17-7-8-20-19(13-17)27-15-30(20)21(14-23(31)32)16-5-3-2-4-6-16/h2-13,15,21,29H,14H2,1H3,(H,31,32). The number of fused-ring (bicyclic) bond motifs is 1. The summed E-state index contributed by atoms with van der Waals surface area (Å²) in [7, 11) is -3.85. The lowest BCUT2D eigenvalue weighted by Crippen LogP contribution is -2.14. The van der Waals surface area contributed by atoms with Crippen molar-refractivity contribution in [1.29, 1.82) is 0 Å². The second kappa shape index (κ2) is 10.3. The summed E-state index contributed by atoms with van der Waals surface area (Å²) < 4.78 is 30.8. The molecule has 12 heteroatoms. The Morgan fingerprint density at radius 1 is 1.11 bits per heavy atom. The monoisotopic (exact) mass is 551 g/mol. The molecular weight excluding hydrogens is 531 g/mol. The zero-order valence-electron chi connectivity index (χ0n) is 19.5. The van der Waals surface area contributed by atoms with Crippen molar-refractivity contribution in [3.63, 3.8) is 0 Å². The van der Waals surface area contributed by atoms with Gasteiger partial charge in [-0.05, 0) is 48.2 Å². The summed E-state index contributed by atoms with van der Waals surface area (Å²) in [5, 5.41) is 10.1. The van der Waals surface area contributed by atoms with Crippen LogP contribution in [0, 0.1) is 0 Å². The Labute approximate surface area is 221 Å². The van der Waals surface area contributed by atoms with Crippen molar-refractivity contribution in [2.45, 2.75) is 21.8 Å². The number of carbonyl (C=O) groups is 1. The summed E-state index contributed by atoms with van der Waals surface area (Å²) in [5.41, 5.74) is 3.10. The fourth-order valence-corrected chi connectivity index (χ4v) is 6.63. The highest BCUT2D eigenvalue weighted by molar-refractivity contribution is 7.98. The van der Waals surface area contributed by atoms with Crippen LogP contribution in [0.3, 0.4) is 0 Å². The number of thiophene rings is 1. The molecule has 5 aromatic rings. The van der Waals surface area contributed by atoms with E-state index in [0.717, 1.165) is 21.8 Å². The maximum atomic E-state index is 13.1. The number of carboxylic acid groups (broad SMARTS) is 1. The van der Waals surface area contributed by atoms with Crippen LogP contribution in [0.5, 0.6) is 0 Å². The zero-order valence-corrected chi connectivity index (χ0v) is 21.9. The van der Waals surface area contributed by atoms with E-state index in [2.05, 4.69) is 19.7 Å². The predicted molar refractivity (Wildman–Crippen MR) is 145 cm³/mol. The molecule has 0 aliphatic rings. The van der Waals surface area contributed by atoms with Crippen LogP contribution in [-0.2, 0) is 14.8 Å². The van der Waals surface area contributed by atoms with Crippen LogP contribution in [0.25, 0.3) is 21.6 Å². The van der Waals surface area contributed by atoms with Crippen molar-refractivity contribution in [2.75, 3.05) is 11.0 Å². The number of rotatable bonds is 9. The quantitative estimate of drug-likeness (QED) is 0.190. The summed E-state index contributed by atoms with van der Waals surface area (Å²) in [4.78, 5) is 25.3. The molecule has 0 fully saturated rings. The Morgan fingerprint density at radius 3 is 2.68 bits per heavy atom. The summed E-state index contributed by atoms with van der Waals surface area (Å²) >= 11 is 2.53. The van der Waals surface area contributed by atoms with Gasteiger partial charge in [0.25, 0.3) is 10.0 Å². The molecule has 0 saturated heterocycles. The van der Waals surface area contributed by atoms with E-state index in [-0.39, 0.29) is 10.6 Å². The second-order valence-corrected chi connectivity index (χ2v) is 11.8. The number of carboxylic acids is 1. The molecule has 0 aliphatic carbocycles. The molecule has 0 amide bonds. The van der Waals surface area contributed by atoms with Crippen molar-refractivity contribution >= 4 is 55.8 Å². The first-order valence-corrected chi connectivity index (χ1v) is 14.6. The Morgan fingerprint density at radius 2 is 1.92 bits per heavy atom. The van der Waals surface area contributed by atoms with Gasteiger partial charge in [-0.1, -0.05) is 42.1 Å². The molecule has 5 rings (SSSR count). The number of benzene rings is 2. The van der Waals surface area contributed by atoms with E-state index < -0.39 is 22.0 Å². The average molecular weight is 552 g/mol. The molecule has 0 aliphatic heterocycles. The van der Waals surface area contributed by atoms with Crippen molar-refractivity contribution in [2.24, 2.45) is 0 Å². The van der Waals surface area contributed by atoms with Gasteiger partial charge in [0.05, 0.1) is 46.1 Å². The minimum atomic E-state index is -3.85. The van der Waals surface area contributed by atoms with Gasteiger partial charge in [0, 0.05) is 6.20 Å². The highest BCUT2D eigenvalue weighted by atomic mass is 32.2. The molecule has 188 valence electrons. The van der Waals surface area contributed by atoms with E-state index in [1.165, 1.54) is 11.8 Å². The Hall–Kier alpha value is -3.74. The molecule has 0 saturated carbocycles. The van der Waals surface area contributed by atoms with Crippen LogP contribution < -0.4 is 4.72 Å². The third-order valence-electron chi connectivity index (χ3n) is 5.63. The number of aromatic nitrogens is 4. The number of hydrogen-bond donors (Lipinski definition) is 2. The highest BCUT2D eigenvalue weighted by Gasteiger charge is 2.21. The average Bonchev–Trinajstić information content (AvgIpc) is 3.56. The fourth-order valence-electron chi connectivity index (χ4n) is 3.95. The van der Waals surface area contributed by atoms with Gasteiger partial charge in [0.1, 0.15) is 4.21 Å². The minimum absolute atomic E-state index is 0.116. The van der Waals surface area contributed by atoms with Crippen LogP contribution in [-0.4, -0.2) is 45.3 Å². The molecule has 3 heterocycles. The number of thioether (sulfide) groups is 1. The van der Waals surface area contributed by atoms with E-state index >= 15 is 0 Å². The first kappa shape index (κ1) is 24.9. The van der Waals surface area contributed by atoms with Gasteiger partial charge >= 0.3 is 5.97 Å². The van der Waals surface area contributed by atoms with Gasteiger partial charge in [0.15, 0.2) is 5.16 Å². The van der Waals surface area contributed by atoms with Crippen LogP contribution in [0.4, 0.5) is 5.69 Å². The number of nitrogens with one attached hydrogen (secondary N) is 1. The molecule has 0 spiro atoms. The minimum Gasteiger partial charge on any atom is -0.481 e. The SMILES string of the molecule is CSc1nccc(-c2ccc(S(=O)(=O)Nc3ccc4c(c3)ncn4C(CC(=O)O)c3ccccc3)s2)n1. The van der Waals surface area contributed by atoms with Crippen molar-refractivity contribution < 1.29 is 18.3 Å². The van der Waals surface area contributed by atoms with E-state index in [1.807, 2.05) is 36.6 Å². The molecule has 37 heavy (non-hydrogen) atoms. The number of anilines is 1. The van der Waals surface area contributed by atoms with Crippen molar-refractivity contribution in [1.82, 2.24) is 19.5 Å². The van der Waals surface area contributed by atoms with Gasteiger partial charge in [-0.2, -0.15) is 0 Å². The lowest BCUT2D eigenvalue weighted by atomic mass is 10.0. The number of nitrogens with zero attached hydrogens (tertiary/aromatic N) is 4. The molecule has 0 radical (unpaired) electrons. The summed E-state index contributed by atoms with van der Waals surface area (Å²) in [5.74, 6) is -0.929. The smallest absolute Gasteiger partial charge is 0.305 e. The van der Waals surface area contributed by atoms with Crippen LogP contribution >= 0.6 is 23.1 Å². The van der Waals surface area contributed by atoms with E-state index in [0.29, 0.717) is 27.6 Å². The third-order valence-corrected chi connectivity index (χ3v) is 9.17. The first-order chi connectivity index (χ1) is 17.8. The van der Waals surface area contributed by atoms with Gasteiger partial charge < -0.3 is 9.67 Å². The van der Waals surface area contributed by atoms with Gasteiger partial charge in [-0.25, -0.2) is 23.4 Å².